The highest BCUT2D eigenvalue weighted by Crippen LogP contribution is 2.53. The highest BCUT2D eigenvalue weighted by atomic mass is 32.2. The molecule has 1 aliphatic heterocycles. The van der Waals surface area contributed by atoms with Gasteiger partial charge in [-0.15, -0.1) is 0 Å². The second kappa shape index (κ2) is 9.14. The summed E-state index contributed by atoms with van der Waals surface area (Å²) in [7, 11) is -3.78. The molecule has 1 saturated heterocycles. The predicted molar refractivity (Wildman–Crippen MR) is 149 cm³/mol. The summed E-state index contributed by atoms with van der Waals surface area (Å²) in [5, 5.41) is 0. The molecule has 2 fully saturated rings. The van der Waals surface area contributed by atoms with Crippen LogP contribution in [0.1, 0.15) is 71.9 Å². The average Bonchev–Trinajstić information content (AvgIpc) is 3.39. The Balaban J connectivity index is 1.16. The van der Waals surface area contributed by atoms with Gasteiger partial charge in [0.05, 0.1) is 10.5 Å². The lowest BCUT2D eigenvalue weighted by atomic mass is 9.65. The number of hydrogen-bond donors (Lipinski definition) is 0. The first kappa shape index (κ1) is 26.0. The van der Waals surface area contributed by atoms with Crippen molar-refractivity contribution in [3.63, 3.8) is 0 Å². The summed E-state index contributed by atoms with van der Waals surface area (Å²) < 4.78 is 34.3. The minimum atomic E-state index is -3.78. The first-order valence-electron chi connectivity index (χ1n) is 13.5. The maximum atomic E-state index is 13.7. The van der Waals surface area contributed by atoms with Gasteiger partial charge in [-0.3, -0.25) is 4.79 Å². The number of ether oxygens (including phenoxy) is 1. The van der Waals surface area contributed by atoms with E-state index in [4.69, 9.17) is 4.74 Å². The molecule has 2 atom stereocenters. The quantitative estimate of drug-likeness (QED) is 0.224. The Labute approximate surface area is 230 Å². The van der Waals surface area contributed by atoms with Crippen molar-refractivity contribution in [2.45, 2.75) is 57.4 Å². The molecule has 6 nitrogen and oxygen atoms in total. The molecule has 7 heteroatoms. The fraction of sp³-hybridized carbons (Fsp3) is 0.375. The number of hydrogen-bond acceptors (Lipinski definition) is 5. The number of ketones is 1. The molecule has 3 aromatic rings. The maximum absolute atomic E-state index is 13.7. The summed E-state index contributed by atoms with van der Waals surface area (Å²) in [6.45, 7) is 6.64. The van der Waals surface area contributed by atoms with Gasteiger partial charge >= 0.3 is 5.97 Å². The first-order chi connectivity index (χ1) is 18.4. The number of Topliss-reactive ketones (excluding diaryl/α,β-unsaturated/α-hetero) is 1. The summed E-state index contributed by atoms with van der Waals surface area (Å²) in [5.74, 6) is -1.03. The standard InChI is InChI=1S/C32H33NO5S/c1-31(2)16-25-17-32(3,19-31)20-33(25)39(36,37)26-9-6-8-24(14-26)30(35)38-18-29(34)23-12-11-22-13-21-7-4-5-10-27(21)28(22)15-23/h4-12,14-15,25H,13,16-20H2,1-3H3/t25-,32+/m1/s1. The zero-order valence-electron chi connectivity index (χ0n) is 22.6. The molecule has 0 spiro atoms. The van der Waals surface area contributed by atoms with Gasteiger partial charge in [-0.2, -0.15) is 4.31 Å². The minimum Gasteiger partial charge on any atom is -0.454 e. The van der Waals surface area contributed by atoms with Crippen LogP contribution in [0.3, 0.4) is 0 Å². The third-order valence-corrected chi connectivity index (χ3v) is 10.4. The smallest absolute Gasteiger partial charge is 0.338 e. The van der Waals surface area contributed by atoms with Gasteiger partial charge in [0, 0.05) is 18.2 Å². The number of fused-ring (bicyclic) bond motifs is 5. The van der Waals surface area contributed by atoms with Crippen LogP contribution >= 0.6 is 0 Å². The lowest BCUT2D eigenvalue weighted by Crippen LogP contribution is -2.37. The topological polar surface area (TPSA) is 80.8 Å². The van der Waals surface area contributed by atoms with Crippen LogP contribution in [-0.2, 0) is 21.2 Å². The van der Waals surface area contributed by atoms with E-state index in [1.165, 1.54) is 29.3 Å². The largest absolute Gasteiger partial charge is 0.454 e. The molecule has 6 rings (SSSR count). The third-order valence-electron chi connectivity index (χ3n) is 8.50. The van der Waals surface area contributed by atoms with Gasteiger partial charge in [0.25, 0.3) is 0 Å². The number of esters is 1. The summed E-state index contributed by atoms with van der Waals surface area (Å²) >= 11 is 0. The minimum absolute atomic E-state index is 0.0451. The van der Waals surface area contributed by atoms with E-state index < -0.39 is 22.6 Å². The highest BCUT2D eigenvalue weighted by molar-refractivity contribution is 7.89. The Morgan fingerprint density at radius 2 is 1.67 bits per heavy atom. The highest BCUT2D eigenvalue weighted by Gasteiger charge is 2.53. The summed E-state index contributed by atoms with van der Waals surface area (Å²) in [6, 6.07) is 19.6. The number of rotatable bonds is 6. The monoisotopic (exact) mass is 543 g/mol. The second-order valence-corrected chi connectivity index (χ2v) is 14.4. The normalized spacial score (nSPS) is 23.2. The Kier molecular flexibility index (Phi) is 6.08. The molecule has 0 amide bonds. The molecule has 0 unspecified atom stereocenters. The fourth-order valence-corrected chi connectivity index (χ4v) is 9.02. The van der Waals surface area contributed by atoms with Crippen LogP contribution in [0.2, 0.25) is 0 Å². The van der Waals surface area contributed by atoms with Crippen molar-refractivity contribution in [3.8, 4) is 11.1 Å². The predicted octanol–water partition coefficient (Wildman–Crippen LogP) is 5.89. The van der Waals surface area contributed by atoms with E-state index in [1.807, 2.05) is 30.3 Å². The molecule has 202 valence electrons. The Morgan fingerprint density at radius 3 is 2.49 bits per heavy atom. The van der Waals surface area contributed by atoms with Gasteiger partial charge in [0.15, 0.2) is 12.4 Å². The van der Waals surface area contributed by atoms with Crippen molar-refractivity contribution in [1.29, 1.82) is 0 Å². The van der Waals surface area contributed by atoms with Gasteiger partial charge < -0.3 is 4.74 Å². The zero-order chi connectivity index (χ0) is 27.6. The van der Waals surface area contributed by atoms with Crippen molar-refractivity contribution < 1.29 is 22.7 Å². The Hall–Kier alpha value is -3.29. The van der Waals surface area contributed by atoms with E-state index in [0.717, 1.165) is 36.8 Å². The van der Waals surface area contributed by atoms with Crippen LogP contribution in [0.15, 0.2) is 71.6 Å². The molecule has 1 saturated carbocycles. The SMILES string of the molecule is CC1(C)C[C@@H]2C[C@](C)(CN2S(=O)(=O)c2cccc(C(=O)OCC(=O)c3ccc4c(c3)-c3ccccc3C4)c2)C1. The van der Waals surface area contributed by atoms with Crippen molar-refractivity contribution in [1.82, 2.24) is 4.31 Å². The molecule has 1 heterocycles. The van der Waals surface area contributed by atoms with E-state index in [0.29, 0.717) is 12.1 Å². The third kappa shape index (κ3) is 4.72. The molecule has 0 aromatic heterocycles. The van der Waals surface area contributed by atoms with E-state index in [2.05, 4.69) is 26.8 Å². The summed E-state index contributed by atoms with van der Waals surface area (Å²) in [4.78, 5) is 25.8. The molecular formula is C32H33NO5S. The average molecular weight is 544 g/mol. The van der Waals surface area contributed by atoms with Crippen LogP contribution in [0.25, 0.3) is 11.1 Å². The number of benzene rings is 3. The zero-order valence-corrected chi connectivity index (χ0v) is 23.4. The van der Waals surface area contributed by atoms with Crippen LogP contribution in [0.5, 0.6) is 0 Å². The number of nitrogens with zero attached hydrogens (tertiary/aromatic N) is 1. The van der Waals surface area contributed by atoms with Crippen molar-refractivity contribution in [2.24, 2.45) is 10.8 Å². The van der Waals surface area contributed by atoms with Gasteiger partial charge in [-0.05, 0) is 83.0 Å². The van der Waals surface area contributed by atoms with Crippen LogP contribution in [0, 0.1) is 10.8 Å². The molecule has 39 heavy (non-hydrogen) atoms. The molecule has 3 aromatic carbocycles. The first-order valence-corrected chi connectivity index (χ1v) is 14.9. The van der Waals surface area contributed by atoms with E-state index in [-0.39, 0.29) is 33.1 Å². The summed E-state index contributed by atoms with van der Waals surface area (Å²) in [6.07, 6.45) is 3.50. The molecule has 2 aliphatic carbocycles. The van der Waals surface area contributed by atoms with E-state index in [1.54, 1.807) is 16.4 Å². The second-order valence-electron chi connectivity index (χ2n) is 12.5. The van der Waals surface area contributed by atoms with E-state index in [9.17, 15) is 18.0 Å². The molecule has 2 bridgehead atoms. The lowest BCUT2D eigenvalue weighted by Gasteiger charge is -2.39. The van der Waals surface area contributed by atoms with Crippen molar-refractivity contribution in [2.75, 3.05) is 13.2 Å². The number of carbonyl (C=O) groups excluding carboxylic acids is 2. The van der Waals surface area contributed by atoms with Gasteiger partial charge in [-0.1, -0.05) is 63.2 Å². The van der Waals surface area contributed by atoms with Crippen LogP contribution in [0.4, 0.5) is 0 Å². The maximum Gasteiger partial charge on any atom is 0.338 e. The van der Waals surface area contributed by atoms with Gasteiger partial charge in [0.2, 0.25) is 10.0 Å². The van der Waals surface area contributed by atoms with Crippen LogP contribution in [-0.4, -0.2) is 43.7 Å². The van der Waals surface area contributed by atoms with E-state index >= 15 is 0 Å². The molecule has 0 N–H and O–H groups in total. The lowest BCUT2D eigenvalue weighted by molar-refractivity contribution is 0.0474. The van der Waals surface area contributed by atoms with Gasteiger partial charge in [-0.25, -0.2) is 13.2 Å². The number of sulfonamides is 1. The molecule has 0 radical (unpaired) electrons. The fourth-order valence-electron chi connectivity index (χ4n) is 7.20. The molecule has 3 aliphatic rings. The summed E-state index contributed by atoms with van der Waals surface area (Å²) in [5.41, 5.74) is 5.18. The van der Waals surface area contributed by atoms with Crippen LogP contribution < -0.4 is 0 Å². The molecular weight excluding hydrogens is 510 g/mol. The van der Waals surface area contributed by atoms with Crippen molar-refractivity contribution >= 4 is 21.8 Å². The van der Waals surface area contributed by atoms with Gasteiger partial charge in [0.1, 0.15) is 0 Å². The Morgan fingerprint density at radius 1 is 0.897 bits per heavy atom. The van der Waals surface area contributed by atoms with Crippen molar-refractivity contribution in [3.05, 3.63) is 89.0 Å². The Bertz CT molecular complexity index is 1610. The number of carbonyl (C=O) groups is 2.